The number of anilines is 2. The average molecular weight is 391 g/mol. The molecule has 2 amide bonds. The Labute approximate surface area is 165 Å². The summed E-state index contributed by atoms with van der Waals surface area (Å²) in [6, 6.07) is 16.2. The van der Waals surface area contributed by atoms with E-state index >= 15 is 0 Å². The van der Waals surface area contributed by atoms with Crippen molar-refractivity contribution in [2.24, 2.45) is 4.99 Å². The van der Waals surface area contributed by atoms with E-state index in [0.717, 1.165) is 27.3 Å². The second-order valence-corrected chi connectivity index (χ2v) is 6.81. The summed E-state index contributed by atoms with van der Waals surface area (Å²) in [4.78, 5) is 16.6. The topological polar surface area (TPSA) is 91.4 Å². The number of methoxy groups -OCH3 is 1. The van der Waals surface area contributed by atoms with Crippen LogP contribution in [0.2, 0.25) is 0 Å². The van der Waals surface area contributed by atoms with Crippen molar-refractivity contribution in [3.05, 3.63) is 65.7 Å². The van der Waals surface area contributed by atoms with Gasteiger partial charge in [0.25, 0.3) is 0 Å². The third kappa shape index (κ3) is 4.02. The molecule has 0 aliphatic rings. The van der Waals surface area contributed by atoms with Gasteiger partial charge in [-0.05, 0) is 60.0 Å². The van der Waals surface area contributed by atoms with Gasteiger partial charge in [-0.1, -0.05) is 0 Å². The van der Waals surface area contributed by atoms with E-state index in [1.165, 1.54) is 0 Å². The summed E-state index contributed by atoms with van der Waals surface area (Å²) >= 11 is 1.57. The lowest BCUT2D eigenvalue weighted by Gasteiger charge is -2.08. The normalized spacial score (nSPS) is 11.0. The minimum atomic E-state index is -0.334. The Hall–Kier alpha value is -3.65. The van der Waals surface area contributed by atoms with Gasteiger partial charge in [0, 0.05) is 16.8 Å². The van der Waals surface area contributed by atoms with Crippen LogP contribution in [0.5, 0.6) is 5.75 Å². The van der Waals surface area contributed by atoms with Gasteiger partial charge < -0.3 is 15.4 Å². The minimum absolute atomic E-state index is 0.334. The average Bonchev–Trinajstić information content (AvgIpc) is 3.36. The molecule has 0 saturated heterocycles. The highest BCUT2D eigenvalue weighted by atomic mass is 32.1. The number of thiophene rings is 1. The van der Waals surface area contributed by atoms with Crippen molar-refractivity contribution in [3.8, 4) is 5.75 Å². The Balaban J connectivity index is 1.45. The molecule has 0 bridgehead atoms. The van der Waals surface area contributed by atoms with Gasteiger partial charge in [-0.15, -0.1) is 11.3 Å². The van der Waals surface area contributed by atoms with Gasteiger partial charge in [0.1, 0.15) is 10.8 Å². The molecule has 2 aromatic heterocycles. The molecule has 140 valence electrons. The Morgan fingerprint density at radius 3 is 2.68 bits per heavy atom. The van der Waals surface area contributed by atoms with Crippen LogP contribution in [0.3, 0.4) is 0 Å². The van der Waals surface area contributed by atoms with E-state index in [-0.39, 0.29) is 6.03 Å². The molecular formula is C20H17N5O2S. The summed E-state index contributed by atoms with van der Waals surface area (Å²) in [7, 11) is 1.60. The molecular weight excluding hydrogens is 374 g/mol. The van der Waals surface area contributed by atoms with Crippen molar-refractivity contribution in [2.45, 2.75) is 0 Å². The van der Waals surface area contributed by atoms with Crippen LogP contribution < -0.4 is 15.4 Å². The Kier molecular flexibility index (Phi) is 5.03. The first kappa shape index (κ1) is 17.7. The van der Waals surface area contributed by atoms with Crippen LogP contribution in [0.25, 0.3) is 10.9 Å². The third-order valence-corrected chi connectivity index (χ3v) is 4.79. The van der Waals surface area contributed by atoms with Crippen LogP contribution >= 0.6 is 11.3 Å². The van der Waals surface area contributed by atoms with Gasteiger partial charge in [0.15, 0.2) is 0 Å². The number of nitrogens with one attached hydrogen (secondary N) is 3. The van der Waals surface area contributed by atoms with Gasteiger partial charge in [-0.3, -0.25) is 5.10 Å². The number of benzene rings is 2. The summed E-state index contributed by atoms with van der Waals surface area (Å²) in [5, 5.41) is 16.7. The van der Waals surface area contributed by atoms with Gasteiger partial charge in [-0.2, -0.15) is 5.10 Å². The van der Waals surface area contributed by atoms with Crippen molar-refractivity contribution in [2.75, 3.05) is 17.7 Å². The van der Waals surface area contributed by atoms with Crippen LogP contribution in [-0.4, -0.2) is 29.6 Å². The molecule has 0 spiro atoms. The number of aromatic nitrogens is 2. The number of fused-ring (bicyclic) bond motifs is 1. The predicted octanol–water partition coefficient (Wildman–Crippen LogP) is 5.03. The van der Waals surface area contributed by atoms with E-state index in [1.54, 1.807) is 48.9 Å². The number of nitrogens with zero attached hydrogens (tertiary/aromatic N) is 2. The largest absolute Gasteiger partial charge is 0.497 e. The second kappa shape index (κ2) is 7.93. The summed E-state index contributed by atoms with van der Waals surface area (Å²) in [6.07, 6.45) is 1.75. The molecule has 0 fully saturated rings. The lowest BCUT2D eigenvalue weighted by Crippen LogP contribution is -2.19. The molecule has 4 aromatic rings. The molecule has 0 unspecified atom stereocenters. The fraction of sp³-hybridized carbons (Fsp3) is 0.0500. The van der Waals surface area contributed by atoms with E-state index in [9.17, 15) is 4.79 Å². The number of ether oxygens (including phenoxy) is 1. The number of hydrogen-bond donors (Lipinski definition) is 3. The highest BCUT2D eigenvalue weighted by Gasteiger charge is 2.07. The number of rotatable bonds is 5. The molecule has 2 heterocycles. The first-order valence-corrected chi connectivity index (χ1v) is 9.37. The van der Waals surface area contributed by atoms with Crippen LogP contribution in [0.4, 0.5) is 21.2 Å². The zero-order valence-electron chi connectivity index (χ0n) is 15.0. The number of urea groups is 1. The second-order valence-electron chi connectivity index (χ2n) is 5.89. The molecule has 8 heteroatoms. The molecule has 0 aliphatic carbocycles. The molecule has 3 N–H and O–H groups in total. The van der Waals surface area contributed by atoms with Crippen molar-refractivity contribution in [3.63, 3.8) is 0 Å². The molecule has 0 saturated carbocycles. The summed E-state index contributed by atoms with van der Waals surface area (Å²) in [5.74, 6) is 0.730. The van der Waals surface area contributed by atoms with Crippen molar-refractivity contribution >= 4 is 50.9 Å². The lowest BCUT2D eigenvalue weighted by molar-refractivity contribution is 0.262. The third-order valence-electron chi connectivity index (χ3n) is 4.02. The number of carbonyl (C=O) groups is 1. The number of carbonyl (C=O) groups excluding carboxylic acids is 1. The zero-order chi connectivity index (χ0) is 19.3. The first-order valence-electron chi connectivity index (χ1n) is 8.49. The van der Waals surface area contributed by atoms with E-state index < -0.39 is 0 Å². The fourth-order valence-corrected chi connectivity index (χ4v) is 3.22. The smallest absolute Gasteiger partial charge is 0.323 e. The highest BCUT2D eigenvalue weighted by Crippen LogP contribution is 2.22. The Morgan fingerprint density at radius 1 is 1.14 bits per heavy atom. The Morgan fingerprint density at radius 2 is 1.93 bits per heavy atom. The number of aromatic amines is 1. The number of aliphatic imine (C=N–C) groups is 1. The zero-order valence-corrected chi connectivity index (χ0v) is 15.8. The molecule has 0 atom stereocenters. The van der Waals surface area contributed by atoms with Crippen molar-refractivity contribution < 1.29 is 9.53 Å². The molecule has 4 rings (SSSR count). The SMILES string of the molecule is COc1ccc(NC(=O)Nc2ccc3c(/C=N/c4cccs4)[nH]nc3c2)cc1. The van der Waals surface area contributed by atoms with Gasteiger partial charge in [-0.25, -0.2) is 9.79 Å². The van der Waals surface area contributed by atoms with Crippen LogP contribution in [0, 0.1) is 0 Å². The van der Waals surface area contributed by atoms with E-state index in [2.05, 4.69) is 25.8 Å². The lowest BCUT2D eigenvalue weighted by atomic mass is 10.2. The van der Waals surface area contributed by atoms with Gasteiger partial charge in [0.2, 0.25) is 0 Å². The molecule has 0 radical (unpaired) electrons. The maximum absolute atomic E-state index is 12.2. The maximum atomic E-state index is 12.2. The number of amides is 2. The number of hydrogen-bond acceptors (Lipinski definition) is 5. The Bertz CT molecular complexity index is 1120. The van der Waals surface area contributed by atoms with E-state index in [4.69, 9.17) is 4.74 Å². The maximum Gasteiger partial charge on any atom is 0.323 e. The molecule has 2 aromatic carbocycles. The minimum Gasteiger partial charge on any atom is -0.497 e. The predicted molar refractivity (Wildman–Crippen MR) is 113 cm³/mol. The summed E-state index contributed by atoms with van der Waals surface area (Å²) in [5.41, 5.74) is 2.88. The highest BCUT2D eigenvalue weighted by molar-refractivity contribution is 7.13. The van der Waals surface area contributed by atoms with Crippen molar-refractivity contribution in [1.29, 1.82) is 0 Å². The quantitative estimate of drug-likeness (QED) is 0.417. The fourth-order valence-electron chi connectivity index (χ4n) is 2.65. The van der Waals surface area contributed by atoms with E-state index in [1.807, 2.05) is 35.7 Å². The van der Waals surface area contributed by atoms with Crippen molar-refractivity contribution in [1.82, 2.24) is 10.2 Å². The van der Waals surface area contributed by atoms with Gasteiger partial charge in [0.05, 0.1) is 24.5 Å². The van der Waals surface area contributed by atoms with Crippen LogP contribution in [0.15, 0.2) is 65.0 Å². The molecule has 28 heavy (non-hydrogen) atoms. The summed E-state index contributed by atoms with van der Waals surface area (Å²) in [6.45, 7) is 0. The van der Waals surface area contributed by atoms with Crippen LogP contribution in [-0.2, 0) is 0 Å². The molecule has 0 aliphatic heterocycles. The van der Waals surface area contributed by atoms with E-state index in [0.29, 0.717) is 11.4 Å². The number of H-pyrrole nitrogens is 1. The van der Waals surface area contributed by atoms with Crippen LogP contribution in [0.1, 0.15) is 5.69 Å². The molecule has 7 nitrogen and oxygen atoms in total. The summed E-state index contributed by atoms with van der Waals surface area (Å²) < 4.78 is 5.10. The standard InChI is InChI=1S/C20H17N5O2S/c1-27-15-7-4-13(5-8-15)22-20(26)23-14-6-9-16-17(11-14)24-25-18(16)12-21-19-3-2-10-28-19/h2-12H,1H3,(H,24,25)(H2,22,23,26)/b21-12+. The monoisotopic (exact) mass is 391 g/mol. The van der Waals surface area contributed by atoms with Gasteiger partial charge >= 0.3 is 6.03 Å². The first-order chi connectivity index (χ1) is 13.7.